The van der Waals surface area contributed by atoms with Gasteiger partial charge < -0.3 is 5.11 Å². The van der Waals surface area contributed by atoms with Crippen LogP contribution in [0.15, 0.2) is 58.3 Å². The lowest BCUT2D eigenvalue weighted by molar-refractivity contribution is -0.141. The number of hydrogen-bond donors (Lipinski definition) is 1. The number of carbonyl (C=O) groups is 1. The van der Waals surface area contributed by atoms with Crippen LogP contribution in [0.2, 0.25) is 0 Å². The first kappa shape index (κ1) is 24.9. The van der Waals surface area contributed by atoms with Gasteiger partial charge in [0.2, 0.25) is 0 Å². The normalized spacial score (nSPS) is 12.4. The minimum atomic E-state index is -4.84. The van der Waals surface area contributed by atoms with Crippen molar-refractivity contribution in [3.8, 4) is 11.1 Å². The Kier molecular flexibility index (Phi) is 6.49. The number of carboxylic acids is 1. The molecule has 8 nitrogen and oxygen atoms in total. The third-order valence-electron chi connectivity index (χ3n) is 5.25. The lowest BCUT2D eigenvalue weighted by Gasteiger charge is -2.07. The Labute approximate surface area is 206 Å². The molecular formula is C22H18BrF3N4O4S. The van der Waals surface area contributed by atoms with Gasteiger partial charge in [0, 0.05) is 52.5 Å². The monoisotopic (exact) mass is 570 g/mol. The standard InChI is InChI=1S/C22H18BrF3N4O4S/c1-13-4-6-15(7-5-13)35(33,34)30-12-17(16-9-14(23)10-27-21(16)30)18-11-29(8-2-3-19(31)32)28-20(18)22(24,25)26/h4-7,9-12H,2-3,8H2,1H3,(H,31,32). The SMILES string of the molecule is Cc1ccc(S(=O)(=O)n2cc(-c3cn(CCCC(=O)O)nc3C(F)(F)F)c3cc(Br)cnc32)cc1. The van der Waals surface area contributed by atoms with Gasteiger partial charge in [-0.1, -0.05) is 17.7 Å². The summed E-state index contributed by atoms with van der Waals surface area (Å²) in [5.74, 6) is -1.08. The van der Waals surface area contributed by atoms with Crippen LogP contribution >= 0.6 is 15.9 Å². The van der Waals surface area contributed by atoms with Gasteiger partial charge in [-0.25, -0.2) is 17.4 Å². The summed E-state index contributed by atoms with van der Waals surface area (Å²) in [7, 11) is -4.18. The lowest BCUT2D eigenvalue weighted by atomic mass is 10.1. The summed E-state index contributed by atoms with van der Waals surface area (Å²) in [6.45, 7) is 1.74. The molecule has 35 heavy (non-hydrogen) atoms. The van der Waals surface area contributed by atoms with Crippen molar-refractivity contribution in [2.75, 3.05) is 0 Å². The number of benzene rings is 1. The van der Waals surface area contributed by atoms with Crippen molar-refractivity contribution in [1.29, 1.82) is 0 Å². The van der Waals surface area contributed by atoms with Crippen LogP contribution in [0.4, 0.5) is 13.2 Å². The first-order chi connectivity index (χ1) is 16.4. The second-order valence-corrected chi connectivity index (χ2v) is 10.6. The number of fused-ring (bicyclic) bond motifs is 1. The molecule has 0 amide bonds. The van der Waals surface area contributed by atoms with Crippen LogP contribution in [0.25, 0.3) is 22.2 Å². The zero-order valence-corrected chi connectivity index (χ0v) is 20.5. The fourth-order valence-corrected chi connectivity index (χ4v) is 5.27. The molecular weight excluding hydrogens is 553 g/mol. The summed E-state index contributed by atoms with van der Waals surface area (Å²) in [5.41, 5.74) is -0.777. The van der Waals surface area contributed by atoms with Gasteiger partial charge in [-0.3, -0.25) is 9.48 Å². The van der Waals surface area contributed by atoms with E-state index in [1.165, 1.54) is 24.4 Å². The van der Waals surface area contributed by atoms with Gasteiger partial charge in [-0.05, 0) is 47.5 Å². The van der Waals surface area contributed by atoms with Gasteiger partial charge in [-0.15, -0.1) is 0 Å². The van der Waals surface area contributed by atoms with Crippen LogP contribution in [0, 0.1) is 6.92 Å². The quantitative estimate of drug-likeness (QED) is 0.331. The Morgan fingerprint density at radius 1 is 1.14 bits per heavy atom. The van der Waals surface area contributed by atoms with Crippen LogP contribution in [-0.2, 0) is 27.5 Å². The van der Waals surface area contributed by atoms with E-state index in [1.807, 2.05) is 0 Å². The molecule has 1 aromatic carbocycles. The Bertz CT molecular complexity index is 1530. The van der Waals surface area contributed by atoms with E-state index in [-0.39, 0.29) is 46.4 Å². The zero-order valence-electron chi connectivity index (χ0n) is 18.1. The third kappa shape index (κ3) is 4.96. The highest BCUT2D eigenvalue weighted by Crippen LogP contribution is 2.40. The minimum absolute atomic E-state index is 0.0266. The van der Waals surface area contributed by atoms with E-state index in [2.05, 4.69) is 26.0 Å². The maximum atomic E-state index is 13.9. The number of aliphatic carboxylic acids is 1. The highest BCUT2D eigenvalue weighted by atomic mass is 79.9. The number of pyridine rings is 1. The molecule has 0 fully saturated rings. The van der Waals surface area contributed by atoms with E-state index in [9.17, 15) is 26.4 Å². The summed E-state index contributed by atoms with van der Waals surface area (Å²) in [6, 6.07) is 7.55. The van der Waals surface area contributed by atoms with Gasteiger partial charge in [-0.2, -0.15) is 18.3 Å². The first-order valence-electron chi connectivity index (χ1n) is 10.2. The summed E-state index contributed by atoms with van der Waals surface area (Å²) >= 11 is 3.24. The van der Waals surface area contributed by atoms with Crippen LogP contribution in [0.1, 0.15) is 24.1 Å². The molecule has 0 saturated heterocycles. The van der Waals surface area contributed by atoms with Gasteiger partial charge in [0.05, 0.1) is 4.90 Å². The third-order valence-corrected chi connectivity index (χ3v) is 7.35. The molecule has 13 heteroatoms. The molecule has 0 unspecified atom stereocenters. The Hall–Kier alpha value is -3.19. The predicted octanol–water partition coefficient (Wildman–Crippen LogP) is 5.09. The van der Waals surface area contributed by atoms with Gasteiger partial charge in [0.25, 0.3) is 10.0 Å². The molecule has 4 aromatic rings. The highest BCUT2D eigenvalue weighted by molar-refractivity contribution is 9.10. The van der Waals surface area contributed by atoms with Gasteiger partial charge in [0.15, 0.2) is 11.3 Å². The van der Waals surface area contributed by atoms with Crippen molar-refractivity contribution >= 4 is 43.0 Å². The topological polar surface area (TPSA) is 107 Å². The van der Waals surface area contributed by atoms with Crippen molar-refractivity contribution < 1.29 is 31.5 Å². The van der Waals surface area contributed by atoms with Gasteiger partial charge >= 0.3 is 12.1 Å². The maximum Gasteiger partial charge on any atom is 0.435 e. The van der Waals surface area contributed by atoms with E-state index in [0.717, 1.165) is 26.6 Å². The number of nitrogens with zero attached hydrogens (tertiary/aromatic N) is 4. The second-order valence-electron chi connectivity index (χ2n) is 7.83. The van der Waals surface area contributed by atoms with E-state index >= 15 is 0 Å². The molecule has 3 heterocycles. The fraction of sp³-hybridized carbons (Fsp3) is 0.227. The molecule has 0 bridgehead atoms. The summed E-state index contributed by atoms with van der Waals surface area (Å²) in [4.78, 5) is 14.9. The molecule has 3 aromatic heterocycles. The lowest BCUT2D eigenvalue weighted by Crippen LogP contribution is -2.12. The van der Waals surface area contributed by atoms with Crippen LogP contribution < -0.4 is 0 Å². The van der Waals surface area contributed by atoms with Crippen molar-refractivity contribution in [2.24, 2.45) is 0 Å². The summed E-state index contributed by atoms with van der Waals surface area (Å²) in [6.07, 6.45) is -1.40. The molecule has 0 spiro atoms. The van der Waals surface area contributed by atoms with E-state index in [0.29, 0.717) is 4.47 Å². The van der Waals surface area contributed by atoms with Crippen molar-refractivity contribution in [2.45, 2.75) is 37.4 Å². The fourth-order valence-electron chi connectivity index (χ4n) is 3.61. The van der Waals surface area contributed by atoms with Crippen molar-refractivity contribution in [3.63, 3.8) is 0 Å². The van der Waals surface area contributed by atoms with Gasteiger partial charge in [0.1, 0.15) is 0 Å². The second kappa shape index (κ2) is 9.11. The Morgan fingerprint density at radius 3 is 2.46 bits per heavy atom. The molecule has 0 saturated carbocycles. The first-order valence-corrected chi connectivity index (χ1v) is 12.5. The zero-order chi connectivity index (χ0) is 25.5. The van der Waals surface area contributed by atoms with Crippen LogP contribution in [0.3, 0.4) is 0 Å². The summed E-state index contributed by atoms with van der Waals surface area (Å²) < 4.78 is 70.8. The average molecular weight is 571 g/mol. The van der Waals surface area contributed by atoms with E-state index in [4.69, 9.17) is 5.11 Å². The minimum Gasteiger partial charge on any atom is -0.481 e. The highest BCUT2D eigenvalue weighted by Gasteiger charge is 2.38. The summed E-state index contributed by atoms with van der Waals surface area (Å²) in [5, 5.41) is 12.6. The molecule has 4 rings (SSSR count). The van der Waals surface area contributed by atoms with E-state index < -0.39 is 27.9 Å². The molecule has 0 aliphatic rings. The molecule has 0 aliphatic carbocycles. The molecule has 0 aliphatic heterocycles. The molecule has 0 atom stereocenters. The predicted molar refractivity (Wildman–Crippen MR) is 124 cm³/mol. The van der Waals surface area contributed by atoms with Crippen LogP contribution in [-0.4, -0.2) is 38.2 Å². The van der Waals surface area contributed by atoms with E-state index in [1.54, 1.807) is 19.1 Å². The number of aryl methyl sites for hydroxylation is 2. The number of aromatic nitrogens is 4. The van der Waals surface area contributed by atoms with Crippen LogP contribution in [0.5, 0.6) is 0 Å². The number of carboxylic acid groups (broad SMARTS) is 1. The molecule has 0 radical (unpaired) electrons. The average Bonchev–Trinajstić information content (AvgIpc) is 3.35. The number of rotatable bonds is 7. The Balaban J connectivity index is 1.92. The maximum absolute atomic E-state index is 13.9. The number of hydrogen-bond acceptors (Lipinski definition) is 5. The number of alkyl halides is 3. The Morgan fingerprint density at radius 2 is 1.83 bits per heavy atom. The van der Waals surface area contributed by atoms with Crippen molar-refractivity contribution in [1.82, 2.24) is 18.7 Å². The van der Waals surface area contributed by atoms with Crippen molar-refractivity contribution in [3.05, 3.63) is 64.7 Å². The number of halogens is 4. The largest absolute Gasteiger partial charge is 0.481 e. The smallest absolute Gasteiger partial charge is 0.435 e. The molecule has 184 valence electrons. The molecule has 1 N–H and O–H groups in total.